The molecule has 0 radical (unpaired) electrons. The van der Waals surface area contributed by atoms with E-state index in [2.05, 4.69) is 15.9 Å². The van der Waals surface area contributed by atoms with E-state index < -0.39 is 5.60 Å². The summed E-state index contributed by atoms with van der Waals surface area (Å²) in [5, 5.41) is 18.5. The van der Waals surface area contributed by atoms with Crippen molar-refractivity contribution in [2.45, 2.75) is 26.1 Å². The Kier molecular flexibility index (Phi) is 4.13. The molecule has 0 unspecified atom stereocenters. The van der Waals surface area contributed by atoms with E-state index in [9.17, 15) is 5.11 Å². The molecule has 0 atom stereocenters. The second kappa shape index (κ2) is 4.96. The largest absolute Gasteiger partial charge is 0.491 e. The Morgan fingerprint density at radius 2 is 2.07 bits per heavy atom. The van der Waals surface area contributed by atoms with Crippen molar-refractivity contribution in [2.24, 2.45) is 0 Å². The molecule has 1 aromatic carbocycles. The first-order valence-corrected chi connectivity index (χ1v) is 5.46. The molecule has 0 fully saturated rings. The number of hydrogen-bond acceptors (Lipinski definition) is 3. The number of aliphatic hydroxyl groups excluding tert-OH is 1. The van der Waals surface area contributed by atoms with Crippen LogP contribution < -0.4 is 4.74 Å². The fraction of sp³-hybridized carbons (Fsp3) is 0.455. The summed E-state index contributed by atoms with van der Waals surface area (Å²) in [5.74, 6) is 0.643. The van der Waals surface area contributed by atoms with Crippen molar-refractivity contribution in [3.05, 3.63) is 28.2 Å². The number of ether oxygens (including phenoxy) is 1. The van der Waals surface area contributed by atoms with Crippen molar-refractivity contribution in [3.63, 3.8) is 0 Å². The average Bonchev–Trinajstić information content (AvgIpc) is 2.15. The lowest BCUT2D eigenvalue weighted by Gasteiger charge is -2.18. The Labute approximate surface area is 97.8 Å². The van der Waals surface area contributed by atoms with Crippen LogP contribution in [0.1, 0.15) is 19.4 Å². The van der Waals surface area contributed by atoms with Crippen molar-refractivity contribution < 1.29 is 14.9 Å². The van der Waals surface area contributed by atoms with Gasteiger partial charge in [-0.1, -0.05) is 15.9 Å². The van der Waals surface area contributed by atoms with Crippen LogP contribution in [0.15, 0.2) is 22.7 Å². The van der Waals surface area contributed by atoms with Gasteiger partial charge in [0.2, 0.25) is 0 Å². The molecular formula is C11H15BrO3. The molecule has 3 nitrogen and oxygen atoms in total. The minimum Gasteiger partial charge on any atom is -0.491 e. The molecule has 0 spiro atoms. The van der Waals surface area contributed by atoms with E-state index in [0.29, 0.717) is 5.75 Å². The van der Waals surface area contributed by atoms with Gasteiger partial charge in [0.25, 0.3) is 0 Å². The van der Waals surface area contributed by atoms with Crippen LogP contribution in [-0.2, 0) is 6.61 Å². The van der Waals surface area contributed by atoms with Crippen molar-refractivity contribution in [1.29, 1.82) is 0 Å². The topological polar surface area (TPSA) is 49.7 Å². The summed E-state index contributed by atoms with van der Waals surface area (Å²) < 4.78 is 6.23. The molecule has 0 bridgehead atoms. The molecule has 4 heteroatoms. The smallest absolute Gasteiger partial charge is 0.119 e. The first-order valence-electron chi connectivity index (χ1n) is 4.67. The average molecular weight is 275 g/mol. The third kappa shape index (κ3) is 4.20. The van der Waals surface area contributed by atoms with Crippen molar-refractivity contribution in [2.75, 3.05) is 6.61 Å². The zero-order chi connectivity index (χ0) is 11.5. The molecule has 2 N–H and O–H groups in total. The molecule has 0 amide bonds. The molecule has 0 saturated heterocycles. The van der Waals surface area contributed by atoms with E-state index in [4.69, 9.17) is 9.84 Å². The second-order valence-corrected chi connectivity index (χ2v) is 4.87. The second-order valence-electron chi connectivity index (χ2n) is 4.01. The Morgan fingerprint density at radius 1 is 1.40 bits per heavy atom. The van der Waals surface area contributed by atoms with E-state index in [1.165, 1.54) is 0 Å². The molecule has 0 heterocycles. The number of rotatable bonds is 4. The number of benzene rings is 1. The molecule has 0 saturated carbocycles. The van der Waals surface area contributed by atoms with E-state index >= 15 is 0 Å². The van der Waals surface area contributed by atoms with Gasteiger partial charge in [-0.05, 0) is 37.6 Å². The highest BCUT2D eigenvalue weighted by atomic mass is 79.9. The zero-order valence-corrected chi connectivity index (χ0v) is 10.4. The van der Waals surface area contributed by atoms with Crippen LogP contribution >= 0.6 is 15.9 Å². The molecule has 1 rings (SSSR count). The van der Waals surface area contributed by atoms with Crippen LogP contribution in [-0.4, -0.2) is 22.4 Å². The standard InChI is InChI=1S/C11H15BrO3/c1-11(2,14)7-15-9-3-4-10(12)8(5-9)6-13/h3-5,13-14H,6-7H2,1-2H3. The van der Waals surface area contributed by atoms with Crippen molar-refractivity contribution in [3.8, 4) is 5.75 Å². The molecule has 0 aliphatic heterocycles. The van der Waals surface area contributed by atoms with Crippen LogP contribution in [0.25, 0.3) is 0 Å². The van der Waals surface area contributed by atoms with Gasteiger partial charge in [-0.15, -0.1) is 0 Å². The van der Waals surface area contributed by atoms with Gasteiger partial charge in [0, 0.05) is 4.47 Å². The third-order valence-electron chi connectivity index (χ3n) is 1.78. The van der Waals surface area contributed by atoms with Crippen LogP contribution in [0.3, 0.4) is 0 Å². The maximum atomic E-state index is 9.48. The summed E-state index contributed by atoms with van der Waals surface area (Å²) in [6.45, 7) is 3.54. The predicted molar refractivity (Wildman–Crippen MR) is 61.9 cm³/mol. The molecule has 0 aromatic heterocycles. The van der Waals surface area contributed by atoms with Crippen LogP contribution in [0, 0.1) is 0 Å². The Bertz CT molecular complexity index is 331. The highest BCUT2D eigenvalue weighted by molar-refractivity contribution is 9.10. The highest BCUT2D eigenvalue weighted by Gasteiger charge is 2.13. The monoisotopic (exact) mass is 274 g/mol. The maximum Gasteiger partial charge on any atom is 0.119 e. The molecule has 1 aromatic rings. The van der Waals surface area contributed by atoms with E-state index in [0.717, 1.165) is 10.0 Å². The quantitative estimate of drug-likeness (QED) is 0.884. The van der Waals surface area contributed by atoms with Gasteiger partial charge in [0.05, 0.1) is 12.2 Å². The summed E-state index contributed by atoms with van der Waals surface area (Å²) in [6.07, 6.45) is 0. The first-order chi connectivity index (χ1) is 6.92. The lowest BCUT2D eigenvalue weighted by atomic mass is 10.1. The maximum absolute atomic E-state index is 9.48. The summed E-state index contributed by atoms with van der Waals surface area (Å²) in [7, 11) is 0. The highest BCUT2D eigenvalue weighted by Crippen LogP contribution is 2.23. The third-order valence-corrected chi connectivity index (χ3v) is 2.55. The van der Waals surface area contributed by atoms with Gasteiger partial charge >= 0.3 is 0 Å². The van der Waals surface area contributed by atoms with Gasteiger partial charge in [-0.2, -0.15) is 0 Å². The van der Waals surface area contributed by atoms with Gasteiger partial charge < -0.3 is 14.9 Å². The van der Waals surface area contributed by atoms with Gasteiger partial charge in [0.15, 0.2) is 0 Å². The van der Waals surface area contributed by atoms with Gasteiger partial charge in [0.1, 0.15) is 12.4 Å². The molecule has 84 valence electrons. The van der Waals surface area contributed by atoms with E-state index in [1.807, 2.05) is 6.07 Å². The van der Waals surface area contributed by atoms with Crippen molar-refractivity contribution in [1.82, 2.24) is 0 Å². The lowest BCUT2D eigenvalue weighted by molar-refractivity contribution is 0.0284. The predicted octanol–water partition coefficient (Wildman–Crippen LogP) is 2.09. The van der Waals surface area contributed by atoms with E-state index in [1.54, 1.807) is 26.0 Å². The van der Waals surface area contributed by atoms with Crippen LogP contribution in [0.2, 0.25) is 0 Å². The lowest BCUT2D eigenvalue weighted by Crippen LogP contribution is -2.27. The number of halogens is 1. The summed E-state index contributed by atoms with van der Waals surface area (Å²) in [5.41, 5.74) is -0.0878. The molecule has 0 aliphatic carbocycles. The zero-order valence-electron chi connectivity index (χ0n) is 8.83. The van der Waals surface area contributed by atoms with Crippen molar-refractivity contribution >= 4 is 15.9 Å². The SMILES string of the molecule is CC(C)(O)COc1ccc(Br)c(CO)c1. The van der Waals surface area contributed by atoms with Gasteiger partial charge in [-0.25, -0.2) is 0 Å². The Balaban J connectivity index is 2.70. The fourth-order valence-corrected chi connectivity index (χ4v) is 1.39. The fourth-order valence-electron chi connectivity index (χ4n) is 1.02. The van der Waals surface area contributed by atoms with Crippen LogP contribution in [0.4, 0.5) is 0 Å². The first kappa shape index (κ1) is 12.5. The minimum absolute atomic E-state index is 0.0414. The van der Waals surface area contributed by atoms with E-state index in [-0.39, 0.29) is 13.2 Å². The number of aliphatic hydroxyl groups is 2. The summed E-state index contributed by atoms with van der Waals surface area (Å²) in [6, 6.07) is 5.34. The Morgan fingerprint density at radius 3 is 2.60 bits per heavy atom. The number of hydrogen-bond donors (Lipinski definition) is 2. The molecule has 15 heavy (non-hydrogen) atoms. The minimum atomic E-state index is -0.855. The summed E-state index contributed by atoms with van der Waals surface area (Å²) >= 11 is 3.32. The molecule has 0 aliphatic rings. The molecular weight excluding hydrogens is 260 g/mol. The normalized spacial score (nSPS) is 11.5. The Hall–Kier alpha value is -0.580. The van der Waals surface area contributed by atoms with Crippen LogP contribution in [0.5, 0.6) is 5.75 Å². The van der Waals surface area contributed by atoms with Gasteiger partial charge in [-0.3, -0.25) is 0 Å². The summed E-state index contributed by atoms with van der Waals surface area (Å²) in [4.78, 5) is 0.